The lowest BCUT2D eigenvalue weighted by molar-refractivity contribution is 0.167. The summed E-state index contributed by atoms with van der Waals surface area (Å²) in [5.41, 5.74) is 2.07. The minimum Gasteiger partial charge on any atom is -0.496 e. The molecule has 0 aromatic heterocycles. The lowest BCUT2D eigenvalue weighted by Crippen LogP contribution is -2.28. The summed E-state index contributed by atoms with van der Waals surface area (Å²) < 4.78 is 5.28. The monoisotopic (exact) mass is 237 g/mol. The van der Waals surface area contributed by atoms with Gasteiger partial charge in [0, 0.05) is 18.2 Å². The summed E-state index contributed by atoms with van der Waals surface area (Å²) in [6.07, 6.45) is 0.431. The zero-order chi connectivity index (χ0) is 12.8. The van der Waals surface area contributed by atoms with Gasteiger partial charge in [0.25, 0.3) is 0 Å². The summed E-state index contributed by atoms with van der Waals surface area (Å²) in [5, 5.41) is 13.4. The van der Waals surface area contributed by atoms with E-state index in [1.807, 2.05) is 18.2 Å². The van der Waals surface area contributed by atoms with E-state index >= 15 is 0 Å². The molecule has 1 aromatic carbocycles. The number of methoxy groups -OCH3 is 1. The predicted molar refractivity (Wildman–Crippen MR) is 70.5 cm³/mol. The van der Waals surface area contributed by atoms with E-state index in [1.165, 1.54) is 5.56 Å². The Bertz CT molecular complexity index is 350. The van der Waals surface area contributed by atoms with Crippen molar-refractivity contribution in [2.45, 2.75) is 39.3 Å². The minimum atomic E-state index is -0.529. The average Bonchev–Trinajstić information content (AvgIpc) is 2.34. The second-order valence-corrected chi connectivity index (χ2v) is 4.51. The summed E-state index contributed by atoms with van der Waals surface area (Å²) >= 11 is 0. The molecule has 3 nitrogen and oxygen atoms in total. The third-order valence-electron chi connectivity index (χ3n) is 2.78. The van der Waals surface area contributed by atoms with E-state index in [1.54, 1.807) is 7.11 Å². The Morgan fingerprint density at radius 1 is 1.35 bits per heavy atom. The van der Waals surface area contributed by atoms with Crippen molar-refractivity contribution in [1.82, 2.24) is 5.32 Å². The summed E-state index contributed by atoms with van der Waals surface area (Å²) in [6, 6.07) is 6.34. The molecule has 1 atom stereocenters. The molecule has 0 aliphatic rings. The highest BCUT2D eigenvalue weighted by Crippen LogP contribution is 2.26. The molecule has 0 radical (unpaired) electrons. The van der Waals surface area contributed by atoms with Crippen LogP contribution in [0.5, 0.6) is 5.75 Å². The van der Waals surface area contributed by atoms with Gasteiger partial charge in [0.15, 0.2) is 0 Å². The number of benzene rings is 1. The molecule has 3 heteroatoms. The molecule has 0 heterocycles. The summed E-state index contributed by atoms with van der Waals surface area (Å²) in [5.74, 6) is 0.750. The fourth-order valence-corrected chi connectivity index (χ4v) is 1.72. The van der Waals surface area contributed by atoms with Crippen molar-refractivity contribution < 1.29 is 9.84 Å². The van der Waals surface area contributed by atoms with E-state index < -0.39 is 6.10 Å². The van der Waals surface area contributed by atoms with Crippen molar-refractivity contribution >= 4 is 0 Å². The number of rotatable bonds is 6. The van der Waals surface area contributed by atoms with Gasteiger partial charge >= 0.3 is 0 Å². The first-order valence-corrected chi connectivity index (χ1v) is 6.16. The maximum atomic E-state index is 10.2. The highest BCUT2D eigenvalue weighted by Gasteiger charge is 2.13. The molecule has 0 spiro atoms. The summed E-state index contributed by atoms with van der Waals surface area (Å²) in [7, 11) is 1.63. The Morgan fingerprint density at radius 3 is 2.59 bits per heavy atom. The lowest BCUT2D eigenvalue weighted by Gasteiger charge is -2.18. The molecule has 0 bridgehead atoms. The van der Waals surface area contributed by atoms with Crippen molar-refractivity contribution in [1.29, 1.82) is 0 Å². The molecule has 96 valence electrons. The van der Waals surface area contributed by atoms with Crippen LogP contribution in [-0.2, 0) is 6.42 Å². The average molecular weight is 237 g/mol. The van der Waals surface area contributed by atoms with E-state index in [2.05, 4.69) is 26.1 Å². The predicted octanol–water partition coefficient (Wildman–Crippen LogP) is 2.29. The standard InChI is InChI=1S/C14H23NO2/c1-5-11-6-7-14(17-4)12(8-11)13(16)9-15-10(2)3/h6-8,10,13,15-16H,5,9H2,1-4H3. The molecular formula is C14H23NO2. The molecule has 0 amide bonds. The fourth-order valence-electron chi connectivity index (χ4n) is 1.72. The second-order valence-electron chi connectivity index (χ2n) is 4.51. The second kappa shape index (κ2) is 6.62. The van der Waals surface area contributed by atoms with Crippen molar-refractivity contribution in [2.24, 2.45) is 0 Å². The number of ether oxygens (including phenoxy) is 1. The number of aryl methyl sites for hydroxylation is 1. The molecule has 1 unspecified atom stereocenters. The van der Waals surface area contributed by atoms with E-state index in [9.17, 15) is 5.11 Å². The van der Waals surface area contributed by atoms with Gasteiger partial charge in [0.05, 0.1) is 13.2 Å². The van der Waals surface area contributed by atoms with Crippen LogP contribution in [-0.4, -0.2) is 24.8 Å². The van der Waals surface area contributed by atoms with Crippen LogP contribution in [0.3, 0.4) is 0 Å². The first-order chi connectivity index (χ1) is 8.08. The van der Waals surface area contributed by atoms with Gasteiger partial charge < -0.3 is 15.2 Å². The van der Waals surface area contributed by atoms with Crippen LogP contribution < -0.4 is 10.1 Å². The van der Waals surface area contributed by atoms with E-state index in [-0.39, 0.29) is 0 Å². The van der Waals surface area contributed by atoms with E-state index in [4.69, 9.17) is 4.74 Å². The molecule has 0 aliphatic carbocycles. The van der Waals surface area contributed by atoms with Crippen LogP contribution >= 0.6 is 0 Å². The molecule has 1 rings (SSSR count). The third-order valence-corrected chi connectivity index (χ3v) is 2.78. The Balaban J connectivity index is 2.85. The number of nitrogens with one attached hydrogen (secondary N) is 1. The van der Waals surface area contributed by atoms with Crippen LogP contribution in [0.1, 0.15) is 38.0 Å². The summed E-state index contributed by atoms with van der Waals surface area (Å²) in [6.45, 7) is 6.77. The van der Waals surface area contributed by atoms with Gasteiger partial charge in [0.2, 0.25) is 0 Å². The zero-order valence-corrected chi connectivity index (χ0v) is 11.2. The quantitative estimate of drug-likeness (QED) is 0.797. The summed E-state index contributed by atoms with van der Waals surface area (Å²) in [4.78, 5) is 0. The SMILES string of the molecule is CCc1ccc(OC)c(C(O)CNC(C)C)c1. The van der Waals surface area contributed by atoms with Crippen molar-refractivity contribution in [3.05, 3.63) is 29.3 Å². The fraction of sp³-hybridized carbons (Fsp3) is 0.571. The van der Waals surface area contributed by atoms with Gasteiger partial charge in [0.1, 0.15) is 5.75 Å². The van der Waals surface area contributed by atoms with Gasteiger partial charge in [-0.15, -0.1) is 0 Å². The van der Waals surface area contributed by atoms with Crippen LogP contribution in [0.25, 0.3) is 0 Å². The molecule has 17 heavy (non-hydrogen) atoms. The Labute approximate surface area is 104 Å². The number of hydrogen-bond acceptors (Lipinski definition) is 3. The topological polar surface area (TPSA) is 41.5 Å². The number of hydrogen-bond donors (Lipinski definition) is 2. The van der Waals surface area contributed by atoms with E-state index in [0.717, 1.165) is 17.7 Å². The molecule has 1 aromatic rings. The highest BCUT2D eigenvalue weighted by atomic mass is 16.5. The van der Waals surface area contributed by atoms with Crippen LogP contribution in [0.4, 0.5) is 0 Å². The lowest BCUT2D eigenvalue weighted by atomic mass is 10.0. The number of aliphatic hydroxyl groups is 1. The maximum absolute atomic E-state index is 10.2. The van der Waals surface area contributed by atoms with Crippen LogP contribution in [0.2, 0.25) is 0 Å². The Hall–Kier alpha value is -1.06. The van der Waals surface area contributed by atoms with Gasteiger partial charge in [-0.25, -0.2) is 0 Å². The molecular weight excluding hydrogens is 214 g/mol. The Kier molecular flexibility index (Phi) is 5.45. The largest absolute Gasteiger partial charge is 0.496 e. The molecule has 2 N–H and O–H groups in total. The van der Waals surface area contributed by atoms with E-state index in [0.29, 0.717) is 12.6 Å². The normalized spacial score (nSPS) is 12.8. The van der Waals surface area contributed by atoms with Gasteiger partial charge in [-0.1, -0.05) is 26.8 Å². The highest BCUT2D eigenvalue weighted by molar-refractivity contribution is 5.39. The van der Waals surface area contributed by atoms with Gasteiger partial charge in [-0.3, -0.25) is 0 Å². The minimum absolute atomic E-state index is 0.366. The third kappa shape index (κ3) is 4.02. The van der Waals surface area contributed by atoms with Gasteiger partial charge in [-0.2, -0.15) is 0 Å². The van der Waals surface area contributed by atoms with Gasteiger partial charge in [-0.05, 0) is 24.1 Å². The Morgan fingerprint density at radius 2 is 2.06 bits per heavy atom. The van der Waals surface area contributed by atoms with Crippen molar-refractivity contribution in [3.63, 3.8) is 0 Å². The first kappa shape index (κ1) is 14.0. The smallest absolute Gasteiger partial charge is 0.124 e. The molecule has 0 saturated heterocycles. The maximum Gasteiger partial charge on any atom is 0.124 e. The molecule has 0 saturated carbocycles. The molecule has 0 aliphatic heterocycles. The van der Waals surface area contributed by atoms with Crippen molar-refractivity contribution in [3.8, 4) is 5.75 Å². The first-order valence-electron chi connectivity index (χ1n) is 6.16. The van der Waals surface area contributed by atoms with Crippen LogP contribution in [0.15, 0.2) is 18.2 Å². The van der Waals surface area contributed by atoms with Crippen LogP contribution in [0, 0.1) is 0 Å². The molecule has 0 fully saturated rings. The number of aliphatic hydroxyl groups excluding tert-OH is 1. The van der Waals surface area contributed by atoms with Crippen molar-refractivity contribution in [2.75, 3.05) is 13.7 Å². The zero-order valence-electron chi connectivity index (χ0n) is 11.2.